The maximum Gasteiger partial charge on any atom is 0.250 e. The summed E-state index contributed by atoms with van der Waals surface area (Å²) in [6.45, 7) is 0. The Balaban J connectivity index is 2.10. The fourth-order valence-corrected chi connectivity index (χ4v) is 2.84. The number of hydrogen-bond donors (Lipinski definition) is 0. The zero-order valence-electron chi connectivity index (χ0n) is 8.39. The molecule has 0 spiro atoms. The lowest BCUT2D eigenvalue weighted by Crippen LogP contribution is -2.06. The number of rotatable bonds is 3. The highest BCUT2D eigenvalue weighted by Crippen LogP contribution is 2.20. The molecule has 2 aromatic rings. The van der Waals surface area contributed by atoms with Crippen LogP contribution < -0.4 is 5.43 Å². The summed E-state index contributed by atoms with van der Waals surface area (Å²) >= 11 is 13.7. The molecule has 0 N–H and O–H groups in total. The molecular formula is C10H6Cl2N2OS2. The maximum absolute atomic E-state index is 11.6. The molecule has 0 unspecified atom stereocenters. The summed E-state index contributed by atoms with van der Waals surface area (Å²) in [6, 6.07) is 7.44. The number of benzene rings is 1. The second kappa shape index (κ2) is 5.82. The van der Waals surface area contributed by atoms with Crippen LogP contribution in [0.4, 0.5) is 0 Å². The van der Waals surface area contributed by atoms with Gasteiger partial charge < -0.3 is 0 Å². The molecule has 3 nitrogen and oxygen atoms in total. The second-order valence-corrected chi connectivity index (χ2v) is 5.39. The highest BCUT2D eigenvalue weighted by Gasteiger charge is 2.07. The van der Waals surface area contributed by atoms with Crippen molar-refractivity contribution < 1.29 is 0 Å². The predicted molar refractivity (Wildman–Crippen MR) is 72.2 cm³/mol. The first-order valence-electron chi connectivity index (χ1n) is 4.56. The molecule has 7 heteroatoms. The highest BCUT2D eigenvalue weighted by atomic mass is 35.5. The Labute approximate surface area is 116 Å². The molecule has 0 radical (unpaired) electrons. The van der Waals surface area contributed by atoms with Gasteiger partial charge in [0.1, 0.15) is 0 Å². The minimum absolute atomic E-state index is 0.0244. The first kappa shape index (κ1) is 12.8. The van der Waals surface area contributed by atoms with Crippen molar-refractivity contribution in [2.45, 2.75) is 10.8 Å². The summed E-state index contributed by atoms with van der Waals surface area (Å²) < 4.78 is 7.60. The van der Waals surface area contributed by atoms with Gasteiger partial charge in [0.25, 0.3) is 0 Å². The average Bonchev–Trinajstić information content (AvgIpc) is 2.33. The van der Waals surface area contributed by atoms with Gasteiger partial charge in [-0.25, -0.2) is 0 Å². The molecule has 0 fully saturated rings. The molecule has 17 heavy (non-hydrogen) atoms. The third-order valence-electron chi connectivity index (χ3n) is 1.92. The summed E-state index contributed by atoms with van der Waals surface area (Å²) in [5, 5.41) is 1.05. The Bertz CT molecular complexity index is 571. The van der Waals surface area contributed by atoms with E-state index in [9.17, 15) is 4.79 Å². The van der Waals surface area contributed by atoms with Crippen molar-refractivity contribution in [3.63, 3.8) is 0 Å². The molecule has 1 aromatic heterocycles. The normalized spacial score (nSPS) is 10.5. The van der Waals surface area contributed by atoms with Crippen LogP contribution in [0.2, 0.25) is 10.2 Å². The van der Waals surface area contributed by atoms with E-state index in [4.69, 9.17) is 23.2 Å². The van der Waals surface area contributed by atoms with E-state index in [0.29, 0.717) is 15.8 Å². The highest BCUT2D eigenvalue weighted by molar-refractivity contribution is 7.98. The summed E-state index contributed by atoms with van der Waals surface area (Å²) in [7, 11) is 0. The number of aromatic nitrogens is 2. The first-order chi connectivity index (χ1) is 8.16. The van der Waals surface area contributed by atoms with E-state index in [1.165, 1.54) is 11.8 Å². The third kappa shape index (κ3) is 3.42. The Morgan fingerprint density at radius 3 is 2.59 bits per heavy atom. The Morgan fingerprint density at radius 1 is 1.18 bits per heavy atom. The van der Waals surface area contributed by atoms with Gasteiger partial charge in [-0.2, -0.15) is 8.75 Å². The summed E-state index contributed by atoms with van der Waals surface area (Å²) in [5.74, 6) is 0.645. The van der Waals surface area contributed by atoms with Gasteiger partial charge >= 0.3 is 0 Å². The van der Waals surface area contributed by atoms with Crippen LogP contribution in [0.25, 0.3) is 0 Å². The van der Waals surface area contributed by atoms with E-state index in [2.05, 4.69) is 8.75 Å². The molecule has 0 aliphatic carbocycles. The fraction of sp³-hybridized carbons (Fsp3) is 0.100. The first-order valence-corrected chi connectivity index (χ1v) is 7.03. The minimum atomic E-state index is -0.315. The molecule has 0 atom stereocenters. The van der Waals surface area contributed by atoms with E-state index in [1.807, 2.05) is 24.3 Å². The molecule has 1 heterocycles. The maximum atomic E-state index is 11.6. The van der Waals surface area contributed by atoms with E-state index in [0.717, 1.165) is 17.3 Å². The molecule has 0 bridgehead atoms. The van der Waals surface area contributed by atoms with E-state index < -0.39 is 0 Å². The Hall–Kier alpha value is -0.620. The molecule has 2 rings (SSSR count). The second-order valence-electron chi connectivity index (χ2n) is 3.10. The lowest BCUT2D eigenvalue weighted by Gasteiger charge is -2.00. The summed E-state index contributed by atoms with van der Waals surface area (Å²) in [6.07, 6.45) is 0. The van der Waals surface area contributed by atoms with Crippen molar-refractivity contribution in [3.05, 3.63) is 50.2 Å². The topological polar surface area (TPSA) is 42.9 Å². The number of thioether (sulfide) groups is 1. The van der Waals surface area contributed by atoms with Gasteiger partial charge in [0.15, 0.2) is 10.2 Å². The molecule has 0 amide bonds. The summed E-state index contributed by atoms with van der Waals surface area (Å²) in [5.41, 5.74) is 0.753. The van der Waals surface area contributed by atoms with Crippen LogP contribution in [-0.2, 0) is 5.75 Å². The SMILES string of the molecule is O=c1c(Cl)nsnc1SCc1ccc(Cl)cc1. The van der Waals surface area contributed by atoms with E-state index in [1.54, 1.807) is 0 Å². The van der Waals surface area contributed by atoms with Crippen LogP contribution in [0.15, 0.2) is 34.1 Å². The fourth-order valence-electron chi connectivity index (χ4n) is 1.09. The van der Waals surface area contributed by atoms with Gasteiger partial charge in [-0.3, -0.25) is 4.79 Å². The number of hydrogen-bond acceptors (Lipinski definition) is 5. The Kier molecular flexibility index (Phi) is 4.39. The van der Waals surface area contributed by atoms with Crippen molar-refractivity contribution in [1.82, 2.24) is 8.75 Å². The average molecular weight is 305 g/mol. The van der Waals surface area contributed by atoms with Crippen molar-refractivity contribution in [1.29, 1.82) is 0 Å². The lowest BCUT2D eigenvalue weighted by atomic mass is 10.2. The van der Waals surface area contributed by atoms with Crippen LogP contribution in [0.1, 0.15) is 5.56 Å². The molecule has 0 saturated heterocycles. The van der Waals surface area contributed by atoms with E-state index >= 15 is 0 Å². The lowest BCUT2D eigenvalue weighted by molar-refractivity contribution is 1.15. The van der Waals surface area contributed by atoms with Crippen molar-refractivity contribution in [2.75, 3.05) is 0 Å². The predicted octanol–water partition coefficient (Wildman–Crippen LogP) is 3.50. The molecule has 0 aliphatic heterocycles. The van der Waals surface area contributed by atoms with Gasteiger partial charge in [0.05, 0.1) is 11.7 Å². The van der Waals surface area contributed by atoms with Gasteiger partial charge in [-0.1, -0.05) is 47.1 Å². The molecule has 0 saturated carbocycles. The van der Waals surface area contributed by atoms with Gasteiger partial charge in [-0.05, 0) is 17.7 Å². The van der Waals surface area contributed by atoms with Crippen LogP contribution in [0.3, 0.4) is 0 Å². The van der Waals surface area contributed by atoms with Gasteiger partial charge in [0, 0.05) is 10.8 Å². The third-order valence-corrected chi connectivity index (χ3v) is 4.20. The van der Waals surface area contributed by atoms with Crippen molar-refractivity contribution in [3.8, 4) is 0 Å². The zero-order chi connectivity index (χ0) is 12.3. The van der Waals surface area contributed by atoms with Gasteiger partial charge in [-0.15, -0.1) is 0 Å². The zero-order valence-corrected chi connectivity index (χ0v) is 11.5. The molecule has 0 aliphatic rings. The van der Waals surface area contributed by atoms with Crippen LogP contribution in [0.5, 0.6) is 0 Å². The molecular weight excluding hydrogens is 299 g/mol. The van der Waals surface area contributed by atoms with Crippen LogP contribution >= 0.6 is 46.7 Å². The smallest absolute Gasteiger partial charge is 0.250 e. The number of halogens is 2. The quantitative estimate of drug-likeness (QED) is 0.814. The van der Waals surface area contributed by atoms with Crippen molar-refractivity contribution in [2.24, 2.45) is 0 Å². The number of nitrogens with zero attached hydrogens (tertiary/aromatic N) is 2. The monoisotopic (exact) mass is 304 g/mol. The standard InChI is InChI=1S/C10H6Cl2N2OS2/c11-7-3-1-6(2-4-7)5-16-10-8(15)9(12)13-17-14-10/h1-4H,5H2. The van der Waals surface area contributed by atoms with Crippen LogP contribution in [-0.4, -0.2) is 8.75 Å². The largest absolute Gasteiger partial charge is 0.283 e. The summed E-state index contributed by atoms with van der Waals surface area (Å²) in [4.78, 5) is 11.6. The van der Waals surface area contributed by atoms with E-state index in [-0.39, 0.29) is 10.6 Å². The van der Waals surface area contributed by atoms with Gasteiger partial charge in [0.2, 0.25) is 5.43 Å². The molecule has 88 valence electrons. The molecule has 1 aromatic carbocycles. The minimum Gasteiger partial charge on any atom is -0.283 e. The van der Waals surface area contributed by atoms with Crippen molar-refractivity contribution >= 4 is 46.7 Å². The Morgan fingerprint density at radius 2 is 1.88 bits per heavy atom. The van der Waals surface area contributed by atoms with Crippen LogP contribution in [0, 0.1) is 0 Å².